The highest BCUT2D eigenvalue weighted by Gasteiger charge is 2.40. The number of rotatable bonds is 1. The second-order valence-electron chi connectivity index (χ2n) is 3.74. The molecule has 0 saturated carbocycles. The van der Waals surface area contributed by atoms with Gasteiger partial charge in [0.25, 0.3) is 0 Å². The molecule has 8 nitrogen and oxygen atoms in total. The Morgan fingerprint density at radius 2 is 1.84 bits per heavy atom. The van der Waals surface area contributed by atoms with Crippen LogP contribution in [0.2, 0.25) is 0 Å². The van der Waals surface area contributed by atoms with E-state index < -0.39 is 11.5 Å². The Hall–Kier alpha value is -2.65. The van der Waals surface area contributed by atoms with Gasteiger partial charge in [-0.1, -0.05) is 16.4 Å². The first kappa shape index (κ1) is 12.8. The zero-order valence-corrected chi connectivity index (χ0v) is 10.6. The predicted octanol–water partition coefficient (Wildman–Crippen LogP) is -0.989. The van der Waals surface area contributed by atoms with Crippen molar-refractivity contribution in [2.24, 2.45) is 18.5 Å². The van der Waals surface area contributed by atoms with Crippen LogP contribution in [0.25, 0.3) is 0 Å². The molecule has 1 aliphatic rings. The molecule has 19 heavy (non-hydrogen) atoms. The molecule has 0 spiro atoms. The third-order valence-corrected chi connectivity index (χ3v) is 3.57. The lowest BCUT2D eigenvalue weighted by Crippen LogP contribution is -2.40. The third kappa shape index (κ3) is 1.86. The molecule has 0 aromatic carbocycles. The van der Waals surface area contributed by atoms with E-state index in [-0.39, 0.29) is 26.9 Å². The largest absolute Gasteiger partial charge is 0.431 e. The minimum atomic E-state index is -0.913. The molecule has 0 fully saturated rings. The van der Waals surface area contributed by atoms with Crippen LogP contribution >= 0.6 is 11.8 Å². The summed E-state index contributed by atoms with van der Waals surface area (Å²) >= 11 is 0.937. The van der Waals surface area contributed by atoms with E-state index in [9.17, 15) is 15.3 Å². The molecule has 1 aliphatic heterocycles. The van der Waals surface area contributed by atoms with Crippen molar-refractivity contribution in [3.63, 3.8) is 0 Å². The number of nitrogens with one attached hydrogen (secondary N) is 1. The number of H-pyrrole nitrogens is 1. The molecule has 0 bridgehead atoms. The monoisotopic (exact) mass is 277 g/mol. The molecule has 1 aromatic rings. The molecule has 2 heterocycles. The Morgan fingerprint density at radius 3 is 2.21 bits per heavy atom. The summed E-state index contributed by atoms with van der Waals surface area (Å²) in [5.74, 6) is -0.913. The van der Waals surface area contributed by atoms with Crippen LogP contribution in [-0.2, 0) is 7.05 Å². The Kier molecular flexibility index (Phi) is 3.07. The van der Waals surface area contributed by atoms with Gasteiger partial charge in [-0.2, -0.15) is 10.5 Å². The molecule has 0 atom stereocenters. The molecule has 1 aromatic heterocycles. The standard InChI is InChI=1S/C10H8N6O2S/c1-16-7(10(17)18-15-16)6-4(2-11)8(13)19-9(14)5(6)3-12/h6H,13-14H2,1H3/p+1. The van der Waals surface area contributed by atoms with E-state index >= 15 is 0 Å². The number of nitriles is 2. The van der Waals surface area contributed by atoms with Gasteiger partial charge in [0.05, 0.1) is 33.3 Å². The lowest BCUT2D eigenvalue weighted by molar-refractivity contribution is -0.746. The normalized spacial score (nSPS) is 16.4. The van der Waals surface area contributed by atoms with Crippen LogP contribution in [-0.4, -0.2) is 5.27 Å². The van der Waals surface area contributed by atoms with Crippen LogP contribution in [0.3, 0.4) is 0 Å². The van der Waals surface area contributed by atoms with Crippen molar-refractivity contribution in [3.05, 3.63) is 37.3 Å². The quantitative estimate of drug-likeness (QED) is 0.558. The van der Waals surface area contributed by atoms with Crippen LogP contribution in [0, 0.1) is 22.7 Å². The van der Waals surface area contributed by atoms with E-state index in [0.717, 1.165) is 11.8 Å². The van der Waals surface area contributed by atoms with Crippen LogP contribution in [0.4, 0.5) is 0 Å². The summed E-state index contributed by atoms with van der Waals surface area (Å²) in [6, 6.07) is 3.83. The highest BCUT2D eigenvalue weighted by atomic mass is 32.2. The molecule has 0 saturated heterocycles. The van der Waals surface area contributed by atoms with E-state index in [1.54, 1.807) is 0 Å². The van der Waals surface area contributed by atoms with E-state index in [2.05, 4.69) is 9.79 Å². The minimum absolute atomic E-state index is 0.0966. The van der Waals surface area contributed by atoms with Gasteiger partial charge in [-0.15, -0.1) is 0 Å². The zero-order chi connectivity index (χ0) is 14.2. The molecule has 9 heteroatoms. The van der Waals surface area contributed by atoms with Gasteiger partial charge >= 0.3 is 11.3 Å². The smallest absolute Gasteiger partial charge is 0.392 e. The molecule has 0 aliphatic carbocycles. The number of thioether (sulfide) groups is 1. The highest BCUT2D eigenvalue weighted by molar-refractivity contribution is 8.06. The maximum Gasteiger partial charge on any atom is 0.431 e. The summed E-state index contributed by atoms with van der Waals surface area (Å²) in [7, 11) is 1.53. The second-order valence-corrected chi connectivity index (χ2v) is 4.82. The van der Waals surface area contributed by atoms with E-state index in [0.29, 0.717) is 0 Å². The van der Waals surface area contributed by atoms with Gasteiger partial charge in [0, 0.05) is 0 Å². The van der Waals surface area contributed by atoms with Crippen LogP contribution in [0.15, 0.2) is 30.5 Å². The Balaban J connectivity index is 2.76. The van der Waals surface area contributed by atoms with Crippen molar-refractivity contribution in [1.29, 1.82) is 10.5 Å². The molecular weight excluding hydrogens is 268 g/mol. The number of allylic oxidation sites excluding steroid dienone is 2. The summed E-state index contributed by atoms with van der Waals surface area (Å²) in [6.45, 7) is 0. The van der Waals surface area contributed by atoms with Gasteiger partial charge in [-0.25, -0.2) is 4.79 Å². The van der Waals surface area contributed by atoms with E-state index in [1.165, 1.54) is 11.7 Å². The average Bonchev–Trinajstić information content (AvgIpc) is 2.68. The maximum absolute atomic E-state index is 11.7. The van der Waals surface area contributed by atoms with Crippen molar-refractivity contribution in [2.45, 2.75) is 5.92 Å². The summed E-state index contributed by atoms with van der Waals surface area (Å²) in [4.78, 5) is 11.7. The molecule has 96 valence electrons. The number of aromatic amines is 1. The van der Waals surface area contributed by atoms with Gasteiger partial charge in [0.15, 0.2) is 7.05 Å². The van der Waals surface area contributed by atoms with Crippen LogP contribution < -0.4 is 21.8 Å². The van der Waals surface area contributed by atoms with Gasteiger partial charge in [-0.3, -0.25) is 4.52 Å². The van der Waals surface area contributed by atoms with Gasteiger partial charge in [0.2, 0.25) is 0 Å². The van der Waals surface area contributed by atoms with Gasteiger partial charge in [0.1, 0.15) is 5.92 Å². The van der Waals surface area contributed by atoms with Crippen molar-refractivity contribution in [1.82, 2.24) is 5.27 Å². The number of nitrogens with zero attached hydrogens (tertiary/aromatic N) is 3. The summed E-state index contributed by atoms with van der Waals surface area (Å²) in [5.41, 5.74) is 11.1. The van der Waals surface area contributed by atoms with Crippen molar-refractivity contribution < 1.29 is 9.20 Å². The first-order valence-electron chi connectivity index (χ1n) is 5.06. The molecule has 0 radical (unpaired) electrons. The molecular formula is C10H9N6O2S+. The van der Waals surface area contributed by atoms with Gasteiger partial charge < -0.3 is 11.5 Å². The SMILES string of the molecule is C[n+]1[nH]oc(=O)c1C1C(C#N)=C(N)SC(N)=C1C#N. The highest BCUT2D eigenvalue weighted by Crippen LogP contribution is 2.40. The fourth-order valence-corrected chi connectivity index (χ4v) is 2.61. The number of hydrogen-bond acceptors (Lipinski definition) is 7. The lowest BCUT2D eigenvalue weighted by atomic mass is 9.89. The minimum Gasteiger partial charge on any atom is -0.392 e. The van der Waals surface area contributed by atoms with Gasteiger partial charge in [-0.05, 0) is 5.27 Å². The topological polar surface area (TPSA) is 150 Å². The Labute approximate surface area is 111 Å². The molecule has 0 amide bonds. The van der Waals surface area contributed by atoms with E-state index in [4.69, 9.17) is 11.5 Å². The number of aryl methyl sites for hydroxylation is 1. The number of hydrogen-bond donors (Lipinski definition) is 3. The van der Waals surface area contributed by atoms with Crippen molar-refractivity contribution >= 4 is 11.8 Å². The summed E-state index contributed by atoms with van der Waals surface area (Å²) < 4.78 is 5.92. The number of nitrogens with two attached hydrogens (primary N) is 2. The Bertz CT molecular complexity index is 705. The predicted molar refractivity (Wildman–Crippen MR) is 64.5 cm³/mol. The lowest BCUT2D eigenvalue weighted by Gasteiger charge is -2.19. The third-order valence-electron chi connectivity index (χ3n) is 2.69. The molecule has 5 N–H and O–H groups in total. The fraction of sp³-hybridized carbons (Fsp3) is 0.200. The summed E-state index contributed by atoms with van der Waals surface area (Å²) in [6.07, 6.45) is 0. The molecule has 2 rings (SSSR count). The van der Waals surface area contributed by atoms with Crippen LogP contribution in [0.1, 0.15) is 11.6 Å². The Morgan fingerprint density at radius 1 is 1.32 bits per heavy atom. The molecule has 0 unspecified atom stereocenters. The maximum atomic E-state index is 11.7. The fourth-order valence-electron chi connectivity index (χ4n) is 1.83. The summed E-state index contributed by atoms with van der Waals surface area (Å²) in [5, 5.41) is 21.0. The van der Waals surface area contributed by atoms with E-state index in [1.807, 2.05) is 12.1 Å². The zero-order valence-electron chi connectivity index (χ0n) is 9.80. The second kappa shape index (κ2) is 4.55. The van der Waals surface area contributed by atoms with Crippen molar-refractivity contribution in [3.8, 4) is 12.1 Å². The first-order chi connectivity index (χ1) is 9.01. The van der Waals surface area contributed by atoms with Crippen molar-refractivity contribution in [2.75, 3.05) is 0 Å². The number of aromatic nitrogens is 2. The average molecular weight is 277 g/mol. The van der Waals surface area contributed by atoms with Crippen LogP contribution in [0.5, 0.6) is 0 Å². The first-order valence-corrected chi connectivity index (χ1v) is 5.87.